The van der Waals surface area contributed by atoms with E-state index in [1.54, 1.807) is 0 Å². The van der Waals surface area contributed by atoms with Crippen LogP contribution in [-0.2, 0) is 31.6 Å². The first-order chi connectivity index (χ1) is 3.73. The van der Waals surface area contributed by atoms with Crippen molar-refractivity contribution in [3.8, 4) is 0 Å². The van der Waals surface area contributed by atoms with Crippen LogP contribution < -0.4 is 29.6 Å². The Morgan fingerprint density at radius 1 is 1.40 bits per heavy atom. The Morgan fingerprint density at radius 3 is 1.40 bits per heavy atom. The zero-order valence-corrected chi connectivity index (χ0v) is 9.28. The third-order valence-corrected chi connectivity index (χ3v) is 0. The van der Waals surface area contributed by atoms with Crippen molar-refractivity contribution in [3.63, 3.8) is 0 Å². The van der Waals surface area contributed by atoms with Crippen LogP contribution >= 0.6 is 0 Å². The summed E-state index contributed by atoms with van der Waals surface area (Å²) in [6.07, 6.45) is 0. The second-order valence-electron chi connectivity index (χ2n) is 0.679. The van der Waals surface area contributed by atoms with E-state index in [1.165, 1.54) is 0 Å². The van der Waals surface area contributed by atoms with Crippen LogP contribution in [0.1, 0.15) is 1.43 Å². The molecule has 0 aliphatic heterocycles. The van der Waals surface area contributed by atoms with Crippen molar-refractivity contribution in [3.05, 3.63) is 0 Å². The summed E-state index contributed by atoms with van der Waals surface area (Å²) < 4.78 is 46.8. The fraction of sp³-hybridized carbons (Fsp3) is 0. The monoisotopic (exact) mass is 220 g/mol. The molecule has 4 N–H and O–H groups in total. The van der Waals surface area contributed by atoms with Gasteiger partial charge in [-0.1, -0.05) is 0 Å². The van der Waals surface area contributed by atoms with Crippen molar-refractivity contribution in [1.82, 2.24) is 0 Å². The second-order valence-corrected chi connectivity index (χ2v) is 3.34. The van der Waals surface area contributed by atoms with E-state index in [9.17, 15) is 0 Å². The predicted molar refractivity (Wildman–Crippen MR) is 35.3 cm³/mol. The zero-order valence-electron chi connectivity index (χ0n) is 5.83. The summed E-state index contributed by atoms with van der Waals surface area (Å²) in [6.45, 7) is 0. The maximum atomic E-state index is 9.11. The summed E-state index contributed by atoms with van der Waals surface area (Å²) in [5.74, 6) is 0. The summed E-state index contributed by atoms with van der Waals surface area (Å²) in [5, 5.41) is 0. The van der Waals surface area contributed by atoms with E-state index in [-0.39, 0.29) is 31.0 Å². The van der Waals surface area contributed by atoms with Gasteiger partial charge in [-0.15, -0.1) is 0 Å². The van der Waals surface area contributed by atoms with Gasteiger partial charge in [0.1, 0.15) is 0 Å². The molecule has 10 heavy (non-hydrogen) atoms. The normalized spacial score (nSPS) is 9.30. The fourth-order valence-electron chi connectivity index (χ4n) is 0. The molecule has 10 heteroatoms. The van der Waals surface area contributed by atoms with Gasteiger partial charge in [0.25, 0.3) is 20.4 Å². The van der Waals surface area contributed by atoms with E-state index >= 15 is 0 Å². The van der Waals surface area contributed by atoms with Gasteiger partial charge in [-0.05, 0) is 0 Å². The minimum atomic E-state index is -3.83. The second kappa shape index (κ2) is 8.46. The standard InChI is InChI=1S/Na.H2O3S2.H2O3S.H/c;1-5(2,3)4;1-4(2)3;/h;(H2,1,2,3,4);(H2,1,2,3);/q+1;;;-1. The summed E-state index contributed by atoms with van der Waals surface area (Å²) in [6, 6.07) is 0. The molecular weight excluding hydrogens is 215 g/mol. The summed E-state index contributed by atoms with van der Waals surface area (Å²) in [5.41, 5.74) is 0. The van der Waals surface area contributed by atoms with Crippen LogP contribution in [0.5, 0.6) is 0 Å². The van der Waals surface area contributed by atoms with Crippen LogP contribution in [-0.4, -0.2) is 26.6 Å². The van der Waals surface area contributed by atoms with Gasteiger partial charge < -0.3 is 1.43 Å². The molecule has 0 aromatic rings. The SMILES string of the molecule is O=S(O)(O)=S.O=S(O)O.[H-].[Na+]. The van der Waals surface area contributed by atoms with Crippen molar-refractivity contribution < 1.29 is 57.6 Å². The molecule has 0 aliphatic rings. The molecule has 0 aliphatic carbocycles. The minimum Gasteiger partial charge on any atom is -1.00 e. The van der Waals surface area contributed by atoms with Gasteiger partial charge in [0, 0.05) is 11.2 Å². The van der Waals surface area contributed by atoms with E-state index in [4.69, 9.17) is 26.6 Å². The molecule has 0 aromatic carbocycles. The molecule has 0 bridgehead atoms. The fourth-order valence-corrected chi connectivity index (χ4v) is 0. The maximum absolute atomic E-state index is 9.11. The quantitative estimate of drug-likeness (QED) is 0.247. The van der Waals surface area contributed by atoms with Gasteiger partial charge in [-0.3, -0.25) is 18.2 Å². The average Bonchev–Trinajstić information content (AvgIpc) is 1.19. The van der Waals surface area contributed by atoms with E-state index in [0.29, 0.717) is 0 Å². The molecule has 0 heterocycles. The first kappa shape index (κ1) is 17.4. The van der Waals surface area contributed by atoms with E-state index in [0.717, 1.165) is 0 Å². The smallest absolute Gasteiger partial charge is 1.00 e. The van der Waals surface area contributed by atoms with Gasteiger partial charge in [0.05, 0.1) is 0 Å². The molecule has 0 spiro atoms. The van der Waals surface area contributed by atoms with Crippen molar-refractivity contribution in [2.24, 2.45) is 0 Å². The molecule has 0 rings (SSSR count). The van der Waals surface area contributed by atoms with Crippen LogP contribution in [0.15, 0.2) is 0 Å². The summed E-state index contributed by atoms with van der Waals surface area (Å²) in [7, 11) is -3.83. The van der Waals surface area contributed by atoms with Crippen LogP contribution in [0.25, 0.3) is 0 Å². The molecule has 0 amide bonds. The maximum Gasteiger partial charge on any atom is 1.00 e. The van der Waals surface area contributed by atoms with Crippen LogP contribution in [0.2, 0.25) is 0 Å². The molecule has 0 radical (unpaired) electrons. The summed E-state index contributed by atoms with van der Waals surface area (Å²) >= 11 is 0.854. The first-order valence-corrected chi connectivity index (χ1v) is 4.69. The zero-order chi connectivity index (χ0) is 8.08. The average molecular weight is 220 g/mol. The molecule has 0 saturated carbocycles. The Kier molecular flexibility index (Phi) is 14.8. The minimum absolute atomic E-state index is 0. The largest absolute Gasteiger partial charge is 1.00 e. The molecule has 0 atom stereocenters. The molecule has 0 saturated heterocycles. The van der Waals surface area contributed by atoms with Gasteiger partial charge >= 0.3 is 29.6 Å². The van der Waals surface area contributed by atoms with Crippen molar-refractivity contribution in [1.29, 1.82) is 0 Å². The Morgan fingerprint density at radius 2 is 1.40 bits per heavy atom. The number of hydrogen-bond donors (Lipinski definition) is 4. The van der Waals surface area contributed by atoms with Gasteiger partial charge in [0.15, 0.2) is 0 Å². The molecule has 0 aromatic heterocycles. The predicted octanol–water partition coefficient (Wildman–Crippen LogP) is -3.52. The third kappa shape index (κ3) is 354. The van der Waals surface area contributed by atoms with Crippen LogP contribution in [0.4, 0.5) is 0 Å². The van der Waals surface area contributed by atoms with E-state index in [1.807, 2.05) is 0 Å². The third-order valence-electron chi connectivity index (χ3n) is 0. The summed E-state index contributed by atoms with van der Waals surface area (Å²) in [4.78, 5) is 0. The Labute approximate surface area is 88.6 Å². The van der Waals surface area contributed by atoms with Crippen LogP contribution in [0, 0.1) is 0 Å². The van der Waals surface area contributed by atoms with Crippen molar-refractivity contribution >= 4 is 31.6 Å². The molecule has 6 nitrogen and oxygen atoms in total. The topological polar surface area (TPSA) is 115 Å². The van der Waals surface area contributed by atoms with E-state index in [2.05, 4.69) is 11.2 Å². The molecule has 0 fully saturated rings. The Balaban J connectivity index is -0.0000000383. The molecule has 60 valence electrons. The Hall–Kier alpha value is 1.36. The number of rotatable bonds is 0. The van der Waals surface area contributed by atoms with Gasteiger partial charge in [-0.25, -0.2) is 0 Å². The van der Waals surface area contributed by atoms with Gasteiger partial charge in [-0.2, -0.15) is 8.42 Å². The molecule has 0 unspecified atom stereocenters. The van der Waals surface area contributed by atoms with Crippen molar-refractivity contribution in [2.75, 3.05) is 0 Å². The van der Waals surface area contributed by atoms with Gasteiger partial charge in [0.2, 0.25) is 0 Å². The Bertz CT molecular complexity index is 160. The molecular formula is H5NaO6S3. The van der Waals surface area contributed by atoms with E-state index < -0.39 is 20.4 Å². The first-order valence-electron chi connectivity index (χ1n) is 1.23. The number of hydrogen-bond acceptors (Lipinski definition) is 3. The van der Waals surface area contributed by atoms with Crippen LogP contribution in [0.3, 0.4) is 0 Å². The van der Waals surface area contributed by atoms with Crippen molar-refractivity contribution in [2.45, 2.75) is 0 Å².